The van der Waals surface area contributed by atoms with Crippen molar-refractivity contribution in [3.63, 3.8) is 0 Å². The molecule has 2 heterocycles. The molecule has 0 saturated carbocycles. The van der Waals surface area contributed by atoms with Crippen molar-refractivity contribution in [3.05, 3.63) is 40.6 Å². The molecule has 6 nitrogen and oxygen atoms in total. The van der Waals surface area contributed by atoms with Crippen molar-refractivity contribution < 1.29 is 4.92 Å². The van der Waals surface area contributed by atoms with Gasteiger partial charge in [-0.1, -0.05) is 23.1 Å². The molecular weight excluding hydrogens is 284 g/mol. The Balaban J connectivity index is 1.99. The van der Waals surface area contributed by atoms with Gasteiger partial charge < -0.3 is 0 Å². The molecule has 0 N–H and O–H groups in total. The maximum absolute atomic E-state index is 10.6. The minimum absolute atomic E-state index is 0.0764. The van der Waals surface area contributed by atoms with Crippen molar-refractivity contribution in [2.24, 2.45) is 0 Å². The highest BCUT2D eigenvalue weighted by atomic mass is 32.2. The fourth-order valence-corrected chi connectivity index (χ4v) is 3.00. The van der Waals surface area contributed by atoms with Gasteiger partial charge in [0, 0.05) is 17.7 Å². The zero-order valence-corrected chi connectivity index (χ0v) is 11.4. The lowest BCUT2D eigenvalue weighted by atomic mass is 10.1. The number of nitrogens with zero attached hydrogens (tertiary/aromatic N) is 4. The molecule has 0 amide bonds. The third-order valence-electron chi connectivity index (χ3n) is 2.57. The lowest BCUT2D eigenvalue weighted by molar-refractivity contribution is -0.384. The quantitative estimate of drug-likeness (QED) is 0.421. The van der Waals surface area contributed by atoms with Gasteiger partial charge >= 0.3 is 0 Å². The molecule has 0 radical (unpaired) electrons. The van der Waals surface area contributed by atoms with E-state index in [1.165, 1.54) is 23.5 Å². The number of non-ortho nitro benzene ring substituents is 1. The van der Waals surface area contributed by atoms with E-state index in [1.54, 1.807) is 28.4 Å². The van der Waals surface area contributed by atoms with Crippen LogP contribution in [0, 0.1) is 10.1 Å². The third-order valence-corrected chi connectivity index (χ3v) is 4.47. The van der Waals surface area contributed by atoms with Crippen molar-refractivity contribution in [1.29, 1.82) is 0 Å². The van der Waals surface area contributed by atoms with Gasteiger partial charge in [-0.25, -0.2) is 9.50 Å². The molecule has 1 aromatic carbocycles. The van der Waals surface area contributed by atoms with Crippen molar-refractivity contribution in [2.45, 2.75) is 4.34 Å². The molecule has 0 atom stereocenters. The van der Waals surface area contributed by atoms with Gasteiger partial charge in [0.15, 0.2) is 4.34 Å². The molecule has 0 aliphatic rings. The predicted molar refractivity (Wildman–Crippen MR) is 74.7 cm³/mol. The van der Waals surface area contributed by atoms with Crippen LogP contribution in [0.3, 0.4) is 0 Å². The molecular formula is C11H8N4O2S2. The highest BCUT2D eigenvalue weighted by molar-refractivity contribution is 8.00. The van der Waals surface area contributed by atoms with E-state index in [9.17, 15) is 10.1 Å². The summed E-state index contributed by atoms with van der Waals surface area (Å²) in [6, 6.07) is 6.34. The van der Waals surface area contributed by atoms with Crippen LogP contribution >= 0.6 is 23.1 Å². The number of fused-ring (bicyclic) bond motifs is 1. The van der Waals surface area contributed by atoms with Gasteiger partial charge in [0.25, 0.3) is 5.69 Å². The van der Waals surface area contributed by atoms with Crippen molar-refractivity contribution in [3.8, 4) is 11.3 Å². The van der Waals surface area contributed by atoms with E-state index in [4.69, 9.17) is 0 Å². The summed E-state index contributed by atoms with van der Waals surface area (Å²) in [5.74, 6) is 0. The highest BCUT2D eigenvalue weighted by Crippen LogP contribution is 2.26. The predicted octanol–water partition coefficient (Wildman–Crippen LogP) is 3.09. The summed E-state index contributed by atoms with van der Waals surface area (Å²) >= 11 is 3.09. The first-order chi connectivity index (χ1) is 9.17. The first-order valence-corrected chi connectivity index (χ1v) is 7.36. The molecule has 19 heavy (non-hydrogen) atoms. The van der Waals surface area contributed by atoms with Gasteiger partial charge in [-0.3, -0.25) is 10.1 Å². The van der Waals surface area contributed by atoms with Crippen molar-refractivity contribution >= 4 is 33.7 Å². The average molecular weight is 292 g/mol. The van der Waals surface area contributed by atoms with Crippen LogP contribution in [0.4, 0.5) is 5.69 Å². The number of nitro groups is 1. The normalized spacial score (nSPS) is 11.0. The molecule has 0 spiro atoms. The Morgan fingerprint density at radius 2 is 2.11 bits per heavy atom. The molecule has 0 saturated heterocycles. The second-order valence-corrected chi connectivity index (χ2v) is 5.74. The van der Waals surface area contributed by atoms with Crippen LogP contribution < -0.4 is 0 Å². The van der Waals surface area contributed by atoms with Crippen LogP contribution in [-0.2, 0) is 0 Å². The molecule has 3 rings (SSSR count). The van der Waals surface area contributed by atoms with Crippen LogP contribution in [0.15, 0.2) is 34.8 Å². The fourth-order valence-electron chi connectivity index (χ4n) is 1.66. The first kappa shape index (κ1) is 12.1. The zero-order chi connectivity index (χ0) is 13.4. The third kappa shape index (κ3) is 2.20. The van der Waals surface area contributed by atoms with E-state index >= 15 is 0 Å². The van der Waals surface area contributed by atoms with Gasteiger partial charge in [0.05, 0.1) is 16.8 Å². The number of hydrogen-bond donors (Lipinski definition) is 0. The van der Waals surface area contributed by atoms with Crippen molar-refractivity contribution in [1.82, 2.24) is 14.6 Å². The van der Waals surface area contributed by atoms with Crippen LogP contribution in [-0.4, -0.2) is 25.8 Å². The molecule has 0 aliphatic heterocycles. The Hall–Kier alpha value is -1.93. The first-order valence-electron chi connectivity index (χ1n) is 5.32. The molecule has 3 aromatic rings. The number of hydrogen-bond acceptors (Lipinski definition) is 6. The van der Waals surface area contributed by atoms with Gasteiger partial charge in [0.1, 0.15) is 0 Å². The van der Waals surface area contributed by atoms with Gasteiger partial charge in [-0.2, -0.15) is 0 Å². The summed E-state index contributed by atoms with van der Waals surface area (Å²) in [5, 5.41) is 14.9. The van der Waals surface area contributed by atoms with E-state index in [0.29, 0.717) is 0 Å². The van der Waals surface area contributed by atoms with Crippen molar-refractivity contribution in [2.75, 3.05) is 6.26 Å². The number of aromatic nitrogens is 3. The van der Waals surface area contributed by atoms with E-state index in [2.05, 4.69) is 10.1 Å². The number of nitro benzene ring substituents is 1. The lowest BCUT2D eigenvalue weighted by Crippen LogP contribution is -1.87. The molecule has 2 aromatic heterocycles. The van der Waals surface area contributed by atoms with Gasteiger partial charge in [-0.05, 0) is 18.4 Å². The Bertz CT molecular complexity index is 716. The number of thioether (sulfide) groups is 1. The summed E-state index contributed by atoms with van der Waals surface area (Å²) in [5.41, 5.74) is 1.68. The summed E-state index contributed by atoms with van der Waals surface area (Å²) in [6.45, 7) is 0. The smallest absolute Gasteiger partial charge is 0.258 e. The Morgan fingerprint density at radius 3 is 2.68 bits per heavy atom. The maximum atomic E-state index is 10.6. The van der Waals surface area contributed by atoms with E-state index in [1.807, 2.05) is 12.5 Å². The van der Waals surface area contributed by atoms with Crippen LogP contribution in [0.5, 0.6) is 0 Å². The van der Waals surface area contributed by atoms with Crippen LogP contribution in [0.25, 0.3) is 16.2 Å². The molecule has 0 fully saturated rings. The summed E-state index contributed by atoms with van der Waals surface area (Å²) in [4.78, 5) is 15.5. The minimum Gasteiger partial charge on any atom is -0.258 e. The maximum Gasteiger partial charge on any atom is 0.269 e. The number of imidazole rings is 1. The Kier molecular flexibility index (Phi) is 2.96. The topological polar surface area (TPSA) is 73.3 Å². The molecule has 96 valence electrons. The molecule has 0 unspecified atom stereocenters. The average Bonchev–Trinajstić information content (AvgIpc) is 2.96. The second-order valence-electron chi connectivity index (χ2n) is 3.73. The highest BCUT2D eigenvalue weighted by Gasteiger charge is 2.10. The number of rotatable bonds is 3. The van der Waals surface area contributed by atoms with Crippen LogP contribution in [0.1, 0.15) is 0 Å². The van der Waals surface area contributed by atoms with E-state index in [-0.39, 0.29) is 5.69 Å². The largest absolute Gasteiger partial charge is 0.269 e. The zero-order valence-electron chi connectivity index (χ0n) is 9.81. The standard InChI is InChI=1S/C11H8N4O2S2/c1-18-11-13-14-6-9(12-10(14)19-11)7-2-4-8(5-3-7)15(16)17/h2-6H,1H3. The fraction of sp³-hybridized carbons (Fsp3) is 0.0909. The SMILES string of the molecule is CSc1nn2cc(-c3ccc([N+](=O)[O-])cc3)nc2s1. The monoisotopic (exact) mass is 292 g/mol. The van der Waals surface area contributed by atoms with E-state index in [0.717, 1.165) is 20.6 Å². The molecule has 0 aliphatic carbocycles. The summed E-state index contributed by atoms with van der Waals surface area (Å²) in [6.07, 6.45) is 3.79. The van der Waals surface area contributed by atoms with Gasteiger partial charge in [0.2, 0.25) is 4.96 Å². The molecule has 8 heteroatoms. The van der Waals surface area contributed by atoms with Crippen LogP contribution in [0.2, 0.25) is 0 Å². The lowest BCUT2D eigenvalue weighted by Gasteiger charge is -1.95. The summed E-state index contributed by atoms with van der Waals surface area (Å²) in [7, 11) is 0. The summed E-state index contributed by atoms with van der Waals surface area (Å²) < 4.78 is 2.69. The Labute approximate surface area is 116 Å². The number of benzene rings is 1. The second kappa shape index (κ2) is 4.63. The molecule has 0 bridgehead atoms. The minimum atomic E-state index is -0.415. The van der Waals surface area contributed by atoms with Gasteiger partial charge in [-0.15, -0.1) is 5.10 Å². The van der Waals surface area contributed by atoms with E-state index < -0.39 is 4.92 Å². The Morgan fingerprint density at radius 1 is 1.37 bits per heavy atom.